The van der Waals surface area contributed by atoms with Crippen molar-refractivity contribution in [1.29, 1.82) is 5.26 Å². The van der Waals surface area contributed by atoms with Crippen LogP contribution in [0.25, 0.3) is 22.4 Å². The molecule has 0 atom stereocenters. The minimum absolute atomic E-state index is 0.329. The molecule has 4 rings (SSSR count). The molecule has 1 aromatic heterocycles. The van der Waals surface area contributed by atoms with E-state index < -0.39 is 11.7 Å². The number of halogens is 3. The second kappa shape index (κ2) is 6.74. The highest BCUT2D eigenvalue weighted by atomic mass is 19.4. The number of hydrogen-bond donors (Lipinski definition) is 2. The van der Waals surface area contributed by atoms with Crippen molar-refractivity contribution < 1.29 is 13.2 Å². The lowest BCUT2D eigenvalue weighted by Crippen LogP contribution is -2.04. The van der Waals surface area contributed by atoms with Crippen molar-refractivity contribution in [3.63, 3.8) is 0 Å². The van der Waals surface area contributed by atoms with Gasteiger partial charge in [-0.05, 0) is 54.6 Å². The van der Waals surface area contributed by atoms with Crippen molar-refractivity contribution in [3.05, 3.63) is 77.9 Å². The number of hydrogen-bond acceptors (Lipinski definition) is 3. The third-order valence-electron chi connectivity index (χ3n) is 4.25. The molecule has 0 aliphatic carbocycles. The van der Waals surface area contributed by atoms with Gasteiger partial charge in [0.05, 0.1) is 28.2 Å². The minimum atomic E-state index is -4.40. The molecule has 28 heavy (non-hydrogen) atoms. The largest absolute Gasteiger partial charge is 0.416 e. The Morgan fingerprint density at radius 2 is 1.71 bits per heavy atom. The topological polar surface area (TPSA) is 64.5 Å². The Morgan fingerprint density at radius 3 is 2.43 bits per heavy atom. The summed E-state index contributed by atoms with van der Waals surface area (Å²) in [6.07, 6.45) is -4.40. The van der Waals surface area contributed by atoms with Gasteiger partial charge in [0, 0.05) is 16.9 Å². The molecule has 2 N–H and O–H groups in total. The maximum Gasteiger partial charge on any atom is 0.416 e. The van der Waals surface area contributed by atoms with Gasteiger partial charge in [-0.2, -0.15) is 18.4 Å². The first kappa shape index (κ1) is 17.6. The zero-order valence-corrected chi connectivity index (χ0v) is 14.4. The maximum absolute atomic E-state index is 12.9. The van der Waals surface area contributed by atoms with E-state index in [4.69, 9.17) is 5.26 Å². The summed E-state index contributed by atoms with van der Waals surface area (Å²) >= 11 is 0. The molecule has 0 unspecified atom stereocenters. The van der Waals surface area contributed by atoms with Gasteiger partial charge >= 0.3 is 6.18 Å². The van der Waals surface area contributed by atoms with E-state index in [1.54, 1.807) is 24.3 Å². The molecule has 0 bridgehead atoms. The number of nitrogens with zero attached hydrogens (tertiary/aromatic N) is 2. The van der Waals surface area contributed by atoms with Gasteiger partial charge in [-0.1, -0.05) is 12.1 Å². The fraction of sp³-hybridized carbons (Fsp3) is 0.0476. The number of benzene rings is 3. The Morgan fingerprint density at radius 1 is 0.929 bits per heavy atom. The molecule has 0 aliphatic rings. The van der Waals surface area contributed by atoms with E-state index in [2.05, 4.69) is 21.4 Å². The van der Waals surface area contributed by atoms with Crippen molar-refractivity contribution in [2.45, 2.75) is 6.18 Å². The van der Waals surface area contributed by atoms with Crippen LogP contribution in [0.4, 0.5) is 24.5 Å². The lowest BCUT2D eigenvalue weighted by molar-refractivity contribution is -0.137. The molecule has 3 aromatic carbocycles. The Labute approximate surface area is 158 Å². The summed E-state index contributed by atoms with van der Waals surface area (Å²) in [4.78, 5) is 7.35. The number of nitrogens with one attached hydrogen (secondary N) is 2. The molecular formula is C21H13F3N4. The van der Waals surface area contributed by atoms with Crippen LogP contribution in [0.2, 0.25) is 0 Å². The fourth-order valence-corrected chi connectivity index (χ4v) is 2.86. The van der Waals surface area contributed by atoms with Crippen LogP contribution in [-0.4, -0.2) is 9.97 Å². The molecule has 7 heteroatoms. The molecule has 138 valence electrons. The Balaban J connectivity index is 1.64. The van der Waals surface area contributed by atoms with E-state index in [1.807, 2.05) is 24.3 Å². The van der Waals surface area contributed by atoms with Crippen molar-refractivity contribution in [1.82, 2.24) is 9.97 Å². The Hall–Kier alpha value is -3.79. The predicted molar refractivity (Wildman–Crippen MR) is 101 cm³/mol. The Bertz CT molecular complexity index is 1180. The highest BCUT2D eigenvalue weighted by Crippen LogP contribution is 2.32. The highest BCUT2D eigenvalue weighted by Gasteiger charge is 2.30. The first-order valence-electron chi connectivity index (χ1n) is 8.37. The van der Waals surface area contributed by atoms with Crippen LogP contribution >= 0.6 is 0 Å². The molecule has 0 fully saturated rings. The summed E-state index contributed by atoms with van der Waals surface area (Å²) in [5, 5.41) is 12.1. The van der Waals surface area contributed by atoms with Gasteiger partial charge in [0.1, 0.15) is 5.82 Å². The number of anilines is 2. The maximum atomic E-state index is 12.9. The SMILES string of the molecule is N#Cc1ccc(Nc2cccc(-c3nc4ccc(C(F)(F)F)cc4[nH]3)c2)cc1. The normalized spacial score (nSPS) is 11.4. The molecule has 4 aromatic rings. The van der Waals surface area contributed by atoms with E-state index in [9.17, 15) is 13.2 Å². The van der Waals surface area contributed by atoms with Gasteiger partial charge in [0.15, 0.2) is 0 Å². The lowest BCUT2D eigenvalue weighted by atomic mass is 10.1. The first-order valence-corrected chi connectivity index (χ1v) is 8.37. The van der Waals surface area contributed by atoms with Gasteiger partial charge < -0.3 is 10.3 Å². The number of nitriles is 1. The minimum Gasteiger partial charge on any atom is -0.356 e. The van der Waals surface area contributed by atoms with Crippen molar-refractivity contribution in [3.8, 4) is 17.5 Å². The van der Waals surface area contributed by atoms with E-state index >= 15 is 0 Å². The fourth-order valence-electron chi connectivity index (χ4n) is 2.86. The molecule has 0 saturated carbocycles. The second-order valence-corrected chi connectivity index (χ2v) is 6.21. The van der Waals surface area contributed by atoms with Gasteiger partial charge in [-0.3, -0.25) is 0 Å². The number of H-pyrrole nitrogens is 1. The van der Waals surface area contributed by atoms with Crippen LogP contribution in [0.5, 0.6) is 0 Å². The molecule has 0 saturated heterocycles. The summed E-state index contributed by atoms with van der Waals surface area (Å²) in [6.45, 7) is 0. The number of aromatic nitrogens is 2. The number of fused-ring (bicyclic) bond motifs is 1. The molecule has 0 radical (unpaired) electrons. The van der Waals surface area contributed by atoms with Crippen LogP contribution in [-0.2, 0) is 6.18 Å². The van der Waals surface area contributed by atoms with Crippen LogP contribution in [0, 0.1) is 11.3 Å². The van der Waals surface area contributed by atoms with Crippen LogP contribution in [0.1, 0.15) is 11.1 Å². The highest BCUT2D eigenvalue weighted by molar-refractivity contribution is 5.81. The van der Waals surface area contributed by atoms with Crippen LogP contribution in [0.3, 0.4) is 0 Å². The number of alkyl halides is 3. The van der Waals surface area contributed by atoms with Gasteiger partial charge in [-0.25, -0.2) is 4.98 Å². The molecule has 4 nitrogen and oxygen atoms in total. The van der Waals surface area contributed by atoms with E-state index in [0.717, 1.165) is 29.1 Å². The third-order valence-corrected chi connectivity index (χ3v) is 4.25. The average Bonchev–Trinajstić information content (AvgIpc) is 3.12. The zero-order valence-electron chi connectivity index (χ0n) is 14.4. The molecule has 0 spiro atoms. The van der Waals surface area contributed by atoms with Gasteiger partial charge in [0.2, 0.25) is 0 Å². The van der Waals surface area contributed by atoms with Crippen LogP contribution in [0.15, 0.2) is 66.7 Å². The molecular weight excluding hydrogens is 365 g/mol. The summed E-state index contributed by atoms with van der Waals surface area (Å²) < 4.78 is 38.7. The van der Waals surface area contributed by atoms with E-state index in [-0.39, 0.29) is 0 Å². The molecule has 0 amide bonds. The average molecular weight is 378 g/mol. The molecule has 1 heterocycles. The lowest BCUT2D eigenvalue weighted by Gasteiger charge is -2.07. The molecule has 0 aliphatic heterocycles. The zero-order chi connectivity index (χ0) is 19.7. The van der Waals surface area contributed by atoms with Crippen molar-refractivity contribution in [2.75, 3.05) is 5.32 Å². The van der Waals surface area contributed by atoms with E-state index in [0.29, 0.717) is 22.4 Å². The first-order chi connectivity index (χ1) is 13.4. The van der Waals surface area contributed by atoms with Gasteiger partial charge in [0.25, 0.3) is 0 Å². The van der Waals surface area contributed by atoms with Gasteiger partial charge in [-0.15, -0.1) is 0 Å². The monoisotopic (exact) mass is 378 g/mol. The number of rotatable bonds is 3. The number of imidazole rings is 1. The second-order valence-electron chi connectivity index (χ2n) is 6.21. The number of aromatic amines is 1. The third kappa shape index (κ3) is 3.53. The van der Waals surface area contributed by atoms with Crippen LogP contribution < -0.4 is 5.32 Å². The summed E-state index contributed by atoms with van der Waals surface area (Å²) in [7, 11) is 0. The predicted octanol–water partition coefficient (Wildman–Crippen LogP) is 5.86. The summed E-state index contributed by atoms with van der Waals surface area (Å²) in [6, 6.07) is 19.9. The quantitative estimate of drug-likeness (QED) is 0.469. The van der Waals surface area contributed by atoms with E-state index in [1.165, 1.54) is 6.07 Å². The van der Waals surface area contributed by atoms with Crippen molar-refractivity contribution in [2.24, 2.45) is 0 Å². The Kier molecular flexibility index (Phi) is 4.24. The summed E-state index contributed by atoms with van der Waals surface area (Å²) in [5.74, 6) is 0.484. The standard InChI is InChI=1S/C21H13F3N4/c22-21(23,24)15-6-9-18-19(11-15)28-20(27-18)14-2-1-3-17(10-14)26-16-7-4-13(12-25)5-8-16/h1-11,26H,(H,27,28). The summed E-state index contributed by atoms with van der Waals surface area (Å²) in [5.41, 5.74) is 2.99. The smallest absolute Gasteiger partial charge is 0.356 e. The van der Waals surface area contributed by atoms with Crippen molar-refractivity contribution >= 4 is 22.4 Å².